The molecule has 2 amide bonds. The van der Waals surface area contributed by atoms with Crippen LogP contribution in [-0.2, 0) is 9.59 Å². The molecule has 5 nitrogen and oxygen atoms in total. The van der Waals surface area contributed by atoms with Gasteiger partial charge in [0.1, 0.15) is 4.32 Å². The molecule has 2 aromatic rings. The van der Waals surface area contributed by atoms with E-state index in [9.17, 15) is 9.59 Å². The summed E-state index contributed by atoms with van der Waals surface area (Å²) in [5.74, 6) is -0.391. The Labute approximate surface area is 175 Å². The minimum Gasteiger partial charge on any atom is -0.299 e. The number of benzene rings is 2. The number of para-hydroxylation sites is 1. The van der Waals surface area contributed by atoms with E-state index in [0.717, 1.165) is 15.7 Å². The summed E-state index contributed by atoms with van der Waals surface area (Å²) in [7, 11) is 0. The van der Waals surface area contributed by atoms with Crippen LogP contribution in [-0.4, -0.2) is 27.6 Å². The molecule has 2 aromatic carbocycles. The monoisotopic (exact) mass is 461 g/mol. The van der Waals surface area contributed by atoms with E-state index in [1.165, 1.54) is 16.7 Å². The van der Waals surface area contributed by atoms with Crippen molar-refractivity contribution < 1.29 is 9.59 Å². The molecular weight excluding hydrogens is 446 g/mol. The molecule has 0 aromatic heterocycles. The molecule has 138 valence electrons. The van der Waals surface area contributed by atoms with Gasteiger partial charge in [0, 0.05) is 17.4 Å². The first-order valence-corrected chi connectivity index (χ1v) is 10.2. The van der Waals surface area contributed by atoms with Crippen LogP contribution < -0.4 is 10.9 Å². The van der Waals surface area contributed by atoms with Crippen LogP contribution in [0.1, 0.15) is 12.0 Å². The fraction of sp³-hybridized carbons (Fsp3) is 0.105. The third-order valence-electron chi connectivity index (χ3n) is 3.70. The molecule has 0 radical (unpaired) electrons. The first-order valence-electron chi connectivity index (χ1n) is 8.14. The number of nitrogens with one attached hydrogen (secondary N) is 2. The number of rotatable bonds is 6. The second kappa shape index (κ2) is 9.16. The predicted octanol–water partition coefficient (Wildman–Crippen LogP) is 4.18. The highest BCUT2D eigenvalue weighted by molar-refractivity contribution is 9.10. The van der Waals surface area contributed by atoms with E-state index >= 15 is 0 Å². The van der Waals surface area contributed by atoms with Crippen molar-refractivity contribution in [2.45, 2.75) is 6.42 Å². The minimum absolute atomic E-state index is 0.149. The molecule has 8 heteroatoms. The summed E-state index contributed by atoms with van der Waals surface area (Å²) in [6, 6.07) is 17.0. The lowest BCUT2D eigenvalue weighted by Gasteiger charge is -2.14. The lowest BCUT2D eigenvalue weighted by molar-refractivity contribution is -0.123. The van der Waals surface area contributed by atoms with Crippen molar-refractivity contribution in [2.75, 3.05) is 12.0 Å². The summed E-state index contributed by atoms with van der Waals surface area (Å²) in [6.45, 7) is 0.239. The van der Waals surface area contributed by atoms with Gasteiger partial charge in [-0.25, -0.2) is 0 Å². The molecule has 0 saturated carbocycles. The summed E-state index contributed by atoms with van der Waals surface area (Å²) in [5.41, 5.74) is 7.14. The minimum atomic E-state index is -0.219. The number of carbonyl (C=O) groups is 2. The number of carbonyl (C=O) groups excluding carboxylic acids is 2. The Kier molecular flexibility index (Phi) is 6.65. The lowest BCUT2D eigenvalue weighted by atomic mass is 10.2. The fourth-order valence-electron chi connectivity index (χ4n) is 2.38. The zero-order valence-electron chi connectivity index (χ0n) is 14.1. The second-order valence-electron chi connectivity index (χ2n) is 5.68. The van der Waals surface area contributed by atoms with Crippen LogP contribution in [0.25, 0.3) is 6.08 Å². The fourth-order valence-corrected chi connectivity index (χ4v) is 4.11. The van der Waals surface area contributed by atoms with Gasteiger partial charge in [-0.05, 0) is 35.9 Å². The van der Waals surface area contributed by atoms with Crippen LogP contribution >= 0.6 is 39.9 Å². The van der Waals surface area contributed by atoms with Gasteiger partial charge < -0.3 is 0 Å². The molecule has 1 saturated heterocycles. The van der Waals surface area contributed by atoms with E-state index in [0.29, 0.717) is 9.23 Å². The van der Waals surface area contributed by atoms with Gasteiger partial charge in [0.05, 0.1) is 10.6 Å². The van der Waals surface area contributed by atoms with Gasteiger partial charge in [-0.15, -0.1) is 0 Å². The smallest absolute Gasteiger partial charge is 0.266 e. The molecular formula is C19H16BrN3O2S2. The Morgan fingerprint density at radius 3 is 2.70 bits per heavy atom. The Bertz CT molecular complexity index is 903. The van der Waals surface area contributed by atoms with E-state index in [2.05, 4.69) is 26.8 Å². The van der Waals surface area contributed by atoms with Gasteiger partial charge in [0.2, 0.25) is 5.91 Å². The highest BCUT2D eigenvalue weighted by atomic mass is 79.9. The van der Waals surface area contributed by atoms with Crippen LogP contribution in [0.15, 0.2) is 64.0 Å². The van der Waals surface area contributed by atoms with Crippen molar-refractivity contribution in [1.82, 2.24) is 10.3 Å². The average molecular weight is 462 g/mol. The standard InChI is InChI=1S/C19H16BrN3O2S2/c20-14-6-4-5-13(11-14)12-16-18(25)23(19(26)27-16)10-9-17(24)22-21-15-7-2-1-3-8-15/h1-8,11-12,21H,9-10H2,(H,22,24)/b16-12-. The molecule has 0 atom stereocenters. The maximum Gasteiger partial charge on any atom is 0.266 e. The number of halogens is 1. The molecule has 1 heterocycles. The van der Waals surface area contributed by atoms with Crippen molar-refractivity contribution in [1.29, 1.82) is 0 Å². The van der Waals surface area contributed by atoms with Crippen molar-refractivity contribution in [2.24, 2.45) is 0 Å². The zero-order valence-corrected chi connectivity index (χ0v) is 17.4. The van der Waals surface area contributed by atoms with E-state index < -0.39 is 0 Å². The normalized spacial score (nSPS) is 15.3. The van der Waals surface area contributed by atoms with Gasteiger partial charge in [-0.3, -0.25) is 25.3 Å². The zero-order chi connectivity index (χ0) is 19.2. The number of nitrogens with zero attached hydrogens (tertiary/aromatic N) is 1. The summed E-state index contributed by atoms with van der Waals surface area (Å²) in [6.07, 6.45) is 1.96. The first kappa shape index (κ1) is 19.6. The highest BCUT2D eigenvalue weighted by Crippen LogP contribution is 2.32. The molecule has 0 unspecified atom stereocenters. The SMILES string of the molecule is O=C(CCN1C(=O)/C(=C/c2cccc(Br)c2)SC1=S)NNc1ccccc1. The first-order chi connectivity index (χ1) is 13.0. The van der Waals surface area contributed by atoms with Crippen LogP contribution in [0, 0.1) is 0 Å². The van der Waals surface area contributed by atoms with Crippen molar-refractivity contribution in [3.63, 3.8) is 0 Å². The number of thiocarbonyl (C=S) groups is 1. The highest BCUT2D eigenvalue weighted by Gasteiger charge is 2.32. The van der Waals surface area contributed by atoms with Gasteiger partial charge >= 0.3 is 0 Å². The number of hydrogen-bond donors (Lipinski definition) is 2. The van der Waals surface area contributed by atoms with E-state index in [-0.39, 0.29) is 24.8 Å². The van der Waals surface area contributed by atoms with Crippen LogP contribution in [0.4, 0.5) is 5.69 Å². The number of hydrazine groups is 1. The van der Waals surface area contributed by atoms with Gasteiger partial charge in [-0.1, -0.05) is 70.2 Å². The number of hydrogen-bond acceptors (Lipinski definition) is 5. The van der Waals surface area contributed by atoms with Crippen LogP contribution in [0.2, 0.25) is 0 Å². The Hall–Kier alpha value is -2.16. The third kappa shape index (κ3) is 5.41. The average Bonchev–Trinajstić information content (AvgIpc) is 2.92. The molecule has 3 rings (SSSR count). The molecule has 1 fully saturated rings. The number of amides is 2. The molecule has 0 bridgehead atoms. The van der Waals surface area contributed by atoms with Crippen molar-refractivity contribution in [3.05, 3.63) is 69.5 Å². The van der Waals surface area contributed by atoms with Crippen LogP contribution in [0.5, 0.6) is 0 Å². The van der Waals surface area contributed by atoms with Gasteiger partial charge in [-0.2, -0.15) is 0 Å². The quantitative estimate of drug-likeness (QED) is 0.383. The van der Waals surface area contributed by atoms with E-state index in [4.69, 9.17) is 12.2 Å². The summed E-state index contributed by atoms with van der Waals surface area (Å²) in [4.78, 5) is 26.6. The Morgan fingerprint density at radius 2 is 1.96 bits per heavy atom. The molecule has 27 heavy (non-hydrogen) atoms. The van der Waals surface area contributed by atoms with Crippen molar-refractivity contribution >= 4 is 67.8 Å². The maximum atomic E-state index is 12.6. The van der Waals surface area contributed by atoms with Crippen LogP contribution in [0.3, 0.4) is 0 Å². The summed E-state index contributed by atoms with van der Waals surface area (Å²) < 4.78 is 1.40. The van der Waals surface area contributed by atoms with Gasteiger partial charge in [0.25, 0.3) is 5.91 Å². The van der Waals surface area contributed by atoms with E-state index in [1.54, 1.807) is 6.08 Å². The number of thioether (sulfide) groups is 1. The summed E-state index contributed by atoms with van der Waals surface area (Å²) in [5, 5.41) is 0. The summed E-state index contributed by atoms with van der Waals surface area (Å²) >= 11 is 9.97. The molecule has 1 aliphatic rings. The molecule has 0 spiro atoms. The molecule has 2 N–H and O–H groups in total. The molecule has 1 aliphatic heterocycles. The number of anilines is 1. The lowest BCUT2D eigenvalue weighted by Crippen LogP contribution is -2.35. The Morgan fingerprint density at radius 1 is 1.19 bits per heavy atom. The molecule has 0 aliphatic carbocycles. The largest absolute Gasteiger partial charge is 0.299 e. The maximum absolute atomic E-state index is 12.6. The van der Waals surface area contributed by atoms with E-state index in [1.807, 2.05) is 54.6 Å². The van der Waals surface area contributed by atoms with Crippen molar-refractivity contribution in [3.8, 4) is 0 Å². The Balaban J connectivity index is 1.55. The second-order valence-corrected chi connectivity index (χ2v) is 8.27. The third-order valence-corrected chi connectivity index (χ3v) is 5.57. The predicted molar refractivity (Wildman–Crippen MR) is 117 cm³/mol. The topological polar surface area (TPSA) is 61.4 Å². The van der Waals surface area contributed by atoms with Gasteiger partial charge in [0.15, 0.2) is 0 Å².